The number of aromatic nitrogens is 2. The highest BCUT2D eigenvalue weighted by atomic mass is 15.2. The summed E-state index contributed by atoms with van der Waals surface area (Å²) in [6.45, 7) is 8.34. The number of anilines is 1. The second-order valence-corrected chi connectivity index (χ2v) is 6.30. The second-order valence-electron chi connectivity index (χ2n) is 6.30. The standard InChI is InChI=1S/C14H24N4/c1-14(2,3)16-8-12-7-15-9-13(17-12)18(4)10-11-5-6-11/h7,9,11,16H,5-6,8,10H2,1-4H3. The Morgan fingerprint density at radius 2 is 2.06 bits per heavy atom. The predicted octanol–water partition coefficient (Wildman–Crippen LogP) is 2.21. The molecule has 1 aliphatic rings. The van der Waals surface area contributed by atoms with Crippen LogP contribution in [0.5, 0.6) is 0 Å². The highest BCUT2D eigenvalue weighted by Crippen LogP contribution is 2.30. The monoisotopic (exact) mass is 248 g/mol. The fourth-order valence-corrected chi connectivity index (χ4v) is 1.80. The van der Waals surface area contributed by atoms with E-state index in [2.05, 4.69) is 48.0 Å². The quantitative estimate of drug-likeness (QED) is 0.867. The van der Waals surface area contributed by atoms with Crippen molar-refractivity contribution in [3.8, 4) is 0 Å². The van der Waals surface area contributed by atoms with E-state index in [4.69, 9.17) is 0 Å². The van der Waals surface area contributed by atoms with Gasteiger partial charge in [-0.3, -0.25) is 4.98 Å². The maximum absolute atomic E-state index is 4.66. The molecule has 0 radical (unpaired) electrons. The molecule has 0 unspecified atom stereocenters. The van der Waals surface area contributed by atoms with E-state index in [1.807, 2.05) is 12.4 Å². The lowest BCUT2D eigenvalue weighted by molar-refractivity contribution is 0.421. The molecular formula is C14H24N4. The third kappa shape index (κ3) is 4.26. The van der Waals surface area contributed by atoms with Crippen molar-refractivity contribution in [2.45, 2.75) is 45.7 Å². The van der Waals surface area contributed by atoms with Gasteiger partial charge in [-0.05, 0) is 39.5 Å². The van der Waals surface area contributed by atoms with Crippen LogP contribution in [0.2, 0.25) is 0 Å². The Morgan fingerprint density at radius 1 is 1.33 bits per heavy atom. The average Bonchev–Trinajstić information content (AvgIpc) is 3.10. The highest BCUT2D eigenvalue weighted by Gasteiger charge is 2.23. The summed E-state index contributed by atoms with van der Waals surface area (Å²) in [6.07, 6.45) is 6.42. The molecule has 1 aliphatic carbocycles. The zero-order valence-corrected chi connectivity index (χ0v) is 11.9. The molecule has 4 nitrogen and oxygen atoms in total. The Hall–Kier alpha value is -1.16. The summed E-state index contributed by atoms with van der Waals surface area (Å²) >= 11 is 0. The largest absolute Gasteiger partial charge is 0.358 e. The molecule has 0 amide bonds. The summed E-state index contributed by atoms with van der Waals surface area (Å²) in [6, 6.07) is 0. The molecule has 1 aromatic heterocycles. The Kier molecular flexibility index (Phi) is 3.85. The van der Waals surface area contributed by atoms with E-state index in [0.717, 1.165) is 30.5 Å². The van der Waals surface area contributed by atoms with Gasteiger partial charge >= 0.3 is 0 Å². The Bertz CT molecular complexity index is 393. The molecule has 0 aromatic carbocycles. The van der Waals surface area contributed by atoms with Crippen molar-refractivity contribution in [3.63, 3.8) is 0 Å². The van der Waals surface area contributed by atoms with Crippen LogP contribution < -0.4 is 10.2 Å². The van der Waals surface area contributed by atoms with Crippen molar-refractivity contribution >= 4 is 5.82 Å². The van der Waals surface area contributed by atoms with Crippen LogP contribution in [-0.4, -0.2) is 29.1 Å². The Labute approximate surface area is 110 Å². The van der Waals surface area contributed by atoms with Crippen LogP contribution in [-0.2, 0) is 6.54 Å². The number of rotatable bonds is 5. The maximum atomic E-state index is 4.66. The molecule has 100 valence electrons. The summed E-state index contributed by atoms with van der Waals surface area (Å²) in [5.41, 5.74) is 1.11. The van der Waals surface area contributed by atoms with E-state index < -0.39 is 0 Å². The third-order valence-corrected chi connectivity index (χ3v) is 3.09. The van der Waals surface area contributed by atoms with Gasteiger partial charge in [0.1, 0.15) is 5.82 Å². The van der Waals surface area contributed by atoms with Gasteiger partial charge in [-0.25, -0.2) is 4.98 Å². The van der Waals surface area contributed by atoms with Crippen molar-refractivity contribution in [2.24, 2.45) is 5.92 Å². The molecule has 1 fully saturated rings. The SMILES string of the molecule is CN(CC1CC1)c1cncc(CNC(C)(C)C)n1. The molecular weight excluding hydrogens is 224 g/mol. The minimum absolute atomic E-state index is 0.109. The van der Waals surface area contributed by atoms with Crippen molar-refractivity contribution in [1.29, 1.82) is 0 Å². The zero-order valence-electron chi connectivity index (χ0n) is 11.9. The molecule has 0 saturated heterocycles. The van der Waals surface area contributed by atoms with Gasteiger partial charge in [-0.1, -0.05) is 0 Å². The van der Waals surface area contributed by atoms with Gasteiger partial charge in [0.15, 0.2) is 0 Å². The molecule has 2 rings (SSSR count). The summed E-state index contributed by atoms with van der Waals surface area (Å²) < 4.78 is 0. The van der Waals surface area contributed by atoms with E-state index in [-0.39, 0.29) is 5.54 Å². The van der Waals surface area contributed by atoms with Crippen LogP contribution >= 0.6 is 0 Å². The molecule has 0 atom stereocenters. The van der Waals surface area contributed by atoms with Crippen LogP contribution in [0.25, 0.3) is 0 Å². The number of nitrogens with zero attached hydrogens (tertiary/aromatic N) is 3. The van der Waals surface area contributed by atoms with E-state index >= 15 is 0 Å². The Morgan fingerprint density at radius 3 is 2.67 bits per heavy atom. The molecule has 1 saturated carbocycles. The van der Waals surface area contributed by atoms with Crippen molar-refractivity contribution in [2.75, 3.05) is 18.5 Å². The number of hydrogen-bond acceptors (Lipinski definition) is 4. The molecule has 18 heavy (non-hydrogen) atoms. The van der Waals surface area contributed by atoms with Gasteiger partial charge in [0.2, 0.25) is 0 Å². The van der Waals surface area contributed by atoms with Crippen LogP contribution in [0, 0.1) is 5.92 Å². The van der Waals surface area contributed by atoms with Gasteiger partial charge in [0.05, 0.1) is 11.9 Å². The van der Waals surface area contributed by atoms with Gasteiger partial charge in [0.25, 0.3) is 0 Å². The zero-order chi connectivity index (χ0) is 13.2. The first-order valence-corrected chi connectivity index (χ1v) is 6.71. The van der Waals surface area contributed by atoms with Crippen LogP contribution in [0.1, 0.15) is 39.3 Å². The van der Waals surface area contributed by atoms with Gasteiger partial charge < -0.3 is 10.2 Å². The fourth-order valence-electron chi connectivity index (χ4n) is 1.80. The average molecular weight is 248 g/mol. The lowest BCUT2D eigenvalue weighted by Crippen LogP contribution is -2.35. The first kappa shape index (κ1) is 13.3. The summed E-state index contributed by atoms with van der Waals surface area (Å²) in [4.78, 5) is 11.2. The van der Waals surface area contributed by atoms with Crippen LogP contribution in [0.3, 0.4) is 0 Å². The predicted molar refractivity (Wildman–Crippen MR) is 74.6 cm³/mol. The summed E-state index contributed by atoms with van der Waals surface area (Å²) in [5.74, 6) is 1.85. The lowest BCUT2D eigenvalue weighted by atomic mass is 10.1. The minimum Gasteiger partial charge on any atom is -0.358 e. The lowest BCUT2D eigenvalue weighted by Gasteiger charge is -2.21. The first-order chi connectivity index (χ1) is 8.44. The normalized spacial score (nSPS) is 15.8. The van der Waals surface area contributed by atoms with Crippen molar-refractivity contribution in [1.82, 2.24) is 15.3 Å². The topological polar surface area (TPSA) is 41.1 Å². The molecule has 1 N–H and O–H groups in total. The van der Waals surface area contributed by atoms with Crippen LogP contribution in [0.4, 0.5) is 5.82 Å². The van der Waals surface area contributed by atoms with E-state index in [9.17, 15) is 0 Å². The minimum atomic E-state index is 0.109. The first-order valence-electron chi connectivity index (χ1n) is 6.71. The fraction of sp³-hybridized carbons (Fsp3) is 0.714. The molecule has 0 spiro atoms. The van der Waals surface area contributed by atoms with Crippen molar-refractivity contribution < 1.29 is 0 Å². The molecule has 1 aromatic rings. The smallest absolute Gasteiger partial charge is 0.147 e. The molecule has 4 heteroatoms. The van der Waals surface area contributed by atoms with E-state index in [1.54, 1.807) is 0 Å². The highest BCUT2D eigenvalue weighted by molar-refractivity contribution is 5.35. The van der Waals surface area contributed by atoms with E-state index in [0.29, 0.717) is 0 Å². The van der Waals surface area contributed by atoms with Gasteiger partial charge in [-0.15, -0.1) is 0 Å². The van der Waals surface area contributed by atoms with E-state index in [1.165, 1.54) is 12.8 Å². The van der Waals surface area contributed by atoms with Crippen LogP contribution in [0.15, 0.2) is 12.4 Å². The summed E-state index contributed by atoms with van der Waals surface area (Å²) in [7, 11) is 2.10. The summed E-state index contributed by atoms with van der Waals surface area (Å²) in [5, 5.41) is 3.44. The van der Waals surface area contributed by atoms with Crippen molar-refractivity contribution in [3.05, 3.63) is 18.1 Å². The molecule has 0 aliphatic heterocycles. The number of hydrogen-bond donors (Lipinski definition) is 1. The third-order valence-electron chi connectivity index (χ3n) is 3.09. The second kappa shape index (κ2) is 5.22. The maximum Gasteiger partial charge on any atom is 0.147 e. The van der Waals surface area contributed by atoms with Gasteiger partial charge in [0, 0.05) is 31.9 Å². The Balaban J connectivity index is 1.95. The van der Waals surface area contributed by atoms with Gasteiger partial charge in [-0.2, -0.15) is 0 Å². The molecule has 1 heterocycles. The number of nitrogens with one attached hydrogen (secondary N) is 1. The molecule has 0 bridgehead atoms.